The number of benzene rings is 1. The molecule has 0 radical (unpaired) electrons. The third kappa shape index (κ3) is 2.74. The summed E-state index contributed by atoms with van der Waals surface area (Å²) in [5.41, 5.74) is 2.53. The van der Waals surface area contributed by atoms with E-state index in [-0.39, 0.29) is 12.6 Å². The van der Waals surface area contributed by atoms with Gasteiger partial charge in [0.15, 0.2) is 17.3 Å². The number of hydrogen-bond donors (Lipinski definition) is 0. The molecule has 0 N–H and O–H groups in total. The molecule has 3 rings (SSSR count). The van der Waals surface area contributed by atoms with E-state index in [1.165, 1.54) is 0 Å². The zero-order valence-electron chi connectivity index (χ0n) is 12.9. The molecule has 22 heavy (non-hydrogen) atoms. The van der Waals surface area contributed by atoms with Gasteiger partial charge in [0, 0.05) is 24.4 Å². The van der Waals surface area contributed by atoms with Crippen molar-refractivity contribution in [2.24, 2.45) is 7.05 Å². The molecule has 5 nitrogen and oxygen atoms in total. The summed E-state index contributed by atoms with van der Waals surface area (Å²) in [4.78, 5) is 12.3. The summed E-state index contributed by atoms with van der Waals surface area (Å²) in [5, 5.41) is 4.43. The molecule has 0 atom stereocenters. The molecular weight excluding hydrogens is 280 g/mol. The SMILES string of the molecule is CC(C)c1nn(C)cc1/C=C/C(=O)c1ccc2c(c1)OCO2. The summed E-state index contributed by atoms with van der Waals surface area (Å²) in [6.07, 6.45) is 5.30. The first-order valence-corrected chi connectivity index (χ1v) is 7.20. The van der Waals surface area contributed by atoms with Gasteiger partial charge < -0.3 is 9.47 Å². The fraction of sp³-hybridized carbons (Fsp3) is 0.294. The van der Waals surface area contributed by atoms with Crippen molar-refractivity contribution in [1.29, 1.82) is 0 Å². The maximum Gasteiger partial charge on any atom is 0.231 e. The number of allylic oxidation sites excluding steroid dienone is 1. The van der Waals surface area contributed by atoms with Crippen molar-refractivity contribution < 1.29 is 14.3 Å². The van der Waals surface area contributed by atoms with Crippen molar-refractivity contribution in [2.75, 3.05) is 6.79 Å². The number of fused-ring (bicyclic) bond motifs is 1. The Morgan fingerprint density at radius 1 is 1.32 bits per heavy atom. The van der Waals surface area contributed by atoms with Crippen LogP contribution in [0.25, 0.3) is 6.08 Å². The smallest absolute Gasteiger partial charge is 0.231 e. The Morgan fingerprint density at radius 2 is 2.09 bits per heavy atom. The molecule has 1 aromatic heterocycles. The van der Waals surface area contributed by atoms with Crippen LogP contribution in [0.4, 0.5) is 0 Å². The van der Waals surface area contributed by atoms with Gasteiger partial charge in [0.1, 0.15) is 0 Å². The Balaban J connectivity index is 1.82. The van der Waals surface area contributed by atoms with E-state index in [9.17, 15) is 4.79 Å². The van der Waals surface area contributed by atoms with E-state index in [2.05, 4.69) is 18.9 Å². The lowest BCUT2D eigenvalue weighted by Gasteiger charge is -2.01. The highest BCUT2D eigenvalue weighted by atomic mass is 16.7. The van der Waals surface area contributed by atoms with Crippen LogP contribution in [0.3, 0.4) is 0 Å². The van der Waals surface area contributed by atoms with Crippen LogP contribution in [0.15, 0.2) is 30.5 Å². The molecule has 1 aliphatic rings. The zero-order chi connectivity index (χ0) is 15.7. The number of aromatic nitrogens is 2. The molecule has 0 spiro atoms. The van der Waals surface area contributed by atoms with Crippen molar-refractivity contribution in [3.63, 3.8) is 0 Å². The quantitative estimate of drug-likeness (QED) is 0.642. The molecule has 0 fully saturated rings. The van der Waals surface area contributed by atoms with Crippen LogP contribution in [0.5, 0.6) is 11.5 Å². The first-order valence-electron chi connectivity index (χ1n) is 7.20. The second-order valence-electron chi connectivity index (χ2n) is 5.56. The summed E-state index contributed by atoms with van der Waals surface area (Å²) in [7, 11) is 1.88. The van der Waals surface area contributed by atoms with Crippen molar-refractivity contribution in [2.45, 2.75) is 19.8 Å². The molecule has 2 heterocycles. The number of rotatable bonds is 4. The highest BCUT2D eigenvalue weighted by molar-refractivity contribution is 6.07. The Morgan fingerprint density at radius 3 is 2.86 bits per heavy atom. The monoisotopic (exact) mass is 298 g/mol. The predicted molar refractivity (Wildman–Crippen MR) is 83.2 cm³/mol. The average molecular weight is 298 g/mol. The fourth-order valence-electron chi connectivity index (χ4n) is 2.41. The van der Waals surface area contributed by atoms with Crippen LogP contribution in [0.2, 0.25) is 0 Å². The molecule has 1 aliphatic heterocycles. The Hall–Kier alpha value is -2.56. The van der Waals surface area contributed by atoms with Crippen LogP contribution in [0, 0.1) is 0 Å². The number of hydrogen-bond acceptors (Lipinski definition) is 4. The van der Waals surface area contributed by atoms with Crippen molar-refractivity contribution in [1.82, 2.24) is 9.78 Å². The minimum absolute atomic E-state index is 0.0724. The van der Waals surface area contributed by atoms with Crippen molar-refractivity contribution in [3.05, 3.63) is 47.3 Å². The average Bonchev–Trinajstić information content (AvgIpc) is 3.09. The summed E-state index contributed by atoms with van der Waals surface area (Å²) in [5.74, 6) is 1.52. The van der Waals surface area contributed by atoms with E-state index in [1.807, 2.05) is 19.3 Å². The molecule has 0 amide bonds. The van der Waals surface area contributed by atoms with Crippen LogP contribution in [0.1, 0.15) is 41.4 Å². The van der Waals surface area contributed by atoms with Gasteiger partial charge in [-0.15, -0.1) is 0 Å². The molecule has 1 aromatic carbocycles. The summed E-state index contributed by atoms with van der Waals surface area (Å²) in [6.45, 7) is 4.37. The molecule has 0 bridgehead atoms. The second kappa shape index (κ2) is 5.67. The van der Waals surface area contributed by atoms with E-state index in [0.29, 0.717) is 23.0 Å². The van der Waals surface area contributed by atoms with Gasteiger partial charge in [-0.1, -0.05) is 13.8 Å². The van der Waals surface area contributed by atoms with Gasteiger partial charge in [-0.05, 0) is 36.3 Å². The lowest BCUT2D eigenvalue weighted by Crippen LogP contribution is -1.95. The molecule has 2 aromatic rings. The van der Waals surface area contributed by atoms with E-state index in [4.69, 9.17) is 9.47 Å². The maximum absolute atomic E-state index is 12.3. The standard InChI is InChI=1S/C17H18N2O3/c1-11(2)17-13(9-19(3)18-17)4-6-14(20)12-5-7-15-16(8-12)22-10-21-15/h4-9,11H,10H2,1-3H3/b6-4+. The molecule has 0 unspecified atom stereocenters. The maximum atomic E-state index is 12.3. The van der Waals surface area contributed by atoms with E-state index < -0.39 is 0 Å². The topological polar surface area (TPSA) is 53.4 Å². The van der Waals surface area contributed by atoms with Crippen molar-refractivity contribution in [3.8, 4) is 11.5 Å². The highest BCUT2D eigenvalue weighted by Crippen LogP contribution is 2.32. The molecule has 0 saturated heterocycles. The number of carbonyl (C=O) groups excluding carboxylic acids is 1. The second-order valence-corrected chi connectivity index (χ2v) is 5.56. The lowest BCUT2D eigenvalue weighted by molar-refractivity contribution is 0.104. The van der Waals surface area contributed by atoms with Crippen LogP contribution in [-0.2, 0) is 7.05 Å². The van der Waals surface area contributed by atoms with Gasteiger partial charge in [-0.3, -0.25) is 9.48 Å². The number of ether oxygens (including phenoxy) is 2. The third-order valence-electron chi connectivity index (χ3n) is 3.51. The number of nitrogens with zero attached hydrogens (tertiary/aromatic N) is 2. The Kier molecular flexibility index (Phi) is 3.71. The van der Waals surface area contributed by atoms with Gasteiger partial charge in [0.2, 0.25) is 6.79 Å². The minimum atomic E-state index is -0.0724. The molecule has 5 heteroatoms. The van der Waals surface area contributed by atoms with Gasteiger partial charge >= 0.3 is 0 Å². The normalized spacial score (nSPS) is 13.3. The predicted octanol–water partition coefficient (Wildman–Crippen LogP) is 3.17. The van der Waals surface area contributed by atoms with Gasteiger partial charge in [0.05, 0.1) is 5.69 Å². The molecule has 0 saturated carbocycles. The first kappa shape index (κ1) is 14.4. The van der Waals surface area contributed by atoms with Gasteiger partial charge in [0.25, 0.3) is 0 Å². The number of carbonyl (C=O) groups is 1. The summed E-state index contributed by atoms with van der Waals surface area (Å²) in [6, 6.07) is 5.21. The van der Waals surface area contributed by atoms with E-state index in [0.717, 1.165) is 11.3 Å². The Bertz CT molecular complexity index is 744. The van der Waals surface area contributed by atoms with E-state index in [1.54, 1.807) is 29.0 Å². The van der Waals surface area contributed by atoms with Crippen LogP contribution in [-0.4, -0.2) is 22.4 Å². The van der Waals surface area contributed by atoms with Crippen LogP contribution < -0.4 is 9.47 Å². The third-order valence-corrected chi connectivity index (χ3v) is 3.51. The molecule has 114 valence electrons. The molecular formula is C17H18N2O3. The van der Waals surface area contributed by atoms with Gasteiger partial charge in [-0.25, -0.2) is 0 Å². The minimum Gasteiger partial charge on any atom is -0.454 e. The van der Waals surface area contributed by atoms with Gasteiger partial charge in [-0.2, -0.15) is 5.10 Å². The largest absolute Gasteiger partial charge is 0.454 e. The lowest BCUT2D eigenvalue weighted by atomic mass is 10.0. The number of ketones is 1. The summed E-state index contributed by atoms with van der Waals surface area (Å²) >= 11 is 0. The first-order chi connectivity index (χ1) is 10.5. The highest BCUT2D eigenvalue weighted by Gasteiger charge is 2.15. The van der Waals surface area contributed by atoms with Crippen LogP contribution >= 0.6 is 0 Å². The number of aryl methyl sites for hydroxylation is 1. The van der Waals surface area contributed by atoms with Crippen molar-refractivity contribution >= 4 is 11.9 Å². The zero-order valence-corrected chi connectivity index (χ0v) is 12.9. The Labute approximate surface area is 129 Å². The fourth-order valence-corrected chi connectivity index (χ4v) is 2.41. The molecule has 0 aliphatic carbocycles. The summed E-state index contributed by atoms with van der Waals surface area (Å²) < 4.78 is 12.3. The van der Waals surface area contributed by atoms with E-state index >= 15 is 0 Å².